The Bertz CT molecular complexity index is 581. The van der Waals surface area contributed by atoms with Gasteiger partial charge in [-0.1, -0.05) is 12.1 Å². The van der Waals surface area contributed by atoms with Crippen LogP contribution < -0.4 is 4.74 Å². The highest BCUT2D eigenvalue weighted by atomic mass is 19.4. The number of hydrogen-bond acceptors (Lipinski definition) is 3. The van der Waals surface area contributed by atoms with Crippen molar-refractivity contribution in [3.63, 3.8) is 0 Å². The summed E-state index contributed by atoms with van der Waals surface area (Å²) in [6, 6.07) is 5.26. The van der Waals surface area contributed by atoms with E-state index in [1.165, 1.54) is 24.4 Å². The minimum Gasteiger partial charge on any atom is -0.406 e. The Morgan fingerprint density at radius 1 is 1.40 bits per heavy atom. The molecular formula is C13H13F3N2O2. The normalized spacial score (nSPS) is 13.2. The highest BCUT2D eigenvalue weighted by molar-refractivity contribution is 5.33. The predicted octanol–water partition coefficient (Wildman–Crippen LogP) is 2.88. The molecule has 0 aliphatic carbocycles. The molecule has 1 aromatic carbocycles. The molecule has 0 saturated carbocycles. The van der Waals surface area contributed by atoms with Gasteiger partial charge in [0, 0.05) is 6.54 Å². The first kappa shape index (κ1) is 14.4. The van der Waals surface area contributed by atoms with Gasteiger partial charge in [-0.3, -0.25) is 0 Å². The van der Waals surface area contributed by atoms with Crippen LogP contribution in [0.5, 0.6) is 5.75 Å². The van der Waals surface area contributed by atoms with Gasteiger partial charge >= 0.3 is 6.36 Å². The van der Waals surface area contributed by atoms with E-state index in [9.17, 15) is 18.3 Å². The van der Waals surface area contributed by atoms with E-state index in [0.717, 1.165) is 6.07 Å². The molecule has 2 aromatic rings. The van der Waals surface area contributed by atoms with Gasteiger partial charge in [0.25, 0.3) is 0 Å². The van der Waals surface area contributed by atoms with Gasteiger partial charge in [0.1, 0.15) is 11.9 Å². The molecule has 108 valence electrons. The molecule has 0 bridgehead atoms. The van der Waals surface area contributed by atoms with Gasteiger partial charge in [-0.05, 0) is 24.6 Å². The maximum Gasteiger partial charge on any atom is 0.573 e. The molecule has 1 unspecified atom stereocenters. The van der Waals surface area contributed by atoms with E-state index in [4.69, 9.17) is 0 Å². The molecule has 0 aliphatic heterocycles. The standard InChI is InChI=1S/C13H13F3N2O2/c1-2-18-8-17-7-11(18)12(19)9-4-3-5-10(6-9)20-13(14,15)16/h3-8,12,19H,2H2,1H3. The van der Waals surface area contributed by atoms with Crippen LogP contribution in [0.4, 0.5) is 13.2 Å². The maximum atomic E-state index is 12.2. The average molecular weight is 286 g/mol. The van der Waals surface area contributed by atoms with Gasteiger partial charge in [-0.25, -0.2) is 4.98 Å². The van der Waals surface area contributed by atoms with Crippen molar-refractivity contribution in [2.75, 3.05) is 0 Å². The van der Waals surface area contributed by atoms with Crippen LogP contribution in [0.25, 0.3) is 0 Å². The Labute approximate surface area is 113 Å². The zero-order valence-corrected chi connectivity index (χ0v) is 10.6. The monoisotopic (exact) mass is 286 g/mol. The van der Waals surface area contributed by atoms with Gasteiger partial charge in [-0.2, -0.15) is 0 Å². The molecule has 0 radical (unpaired) electrons. The van der Waals surface area contributed by atoms with E-state index in [2.05, 4.69) is 9.72 Å². The topological polar surface area (TPSA) is 47.3 Å². The van der Waals surface area contributed by atoms with Gasteiger partial charge < -0.3 is 14.4 Å². The molecule has 0 spiro atoms. The van der Waals surface area contributed by atoms with Crippen molar-refractivity contribution in [3.8, 4) is 5.75 Å². The third-order valence-electron chi connectivity index (χ3n) is 2.77. The van der Waals surface area contributed by atoms with Crippen molar-refractivity contribution in [3.05, 3.63) is 48.0 Å². The molecule has 0 aliphatic rings. The summed E-state index contributed by atoms with van der Waals surface area (Å²) >= 11 is 0. The van der Waals surface area contributed by atoms with Gasteiger partial charge in [0.05, 0.1) is 18.2 Å². The van der Waals surface area contributed by atoms with E-state index in [1.54, 1.807) is 10.9 Å². The molecule has 0 saturated heterocycles. The SMILES string of the molecule is CCn1cncc1C(O)c1cccc(OC(F)(F)F)c1. The fourth-order valence-electron chi connectivity index (χ4n) is 1.88. The summed E-state index contributed by atoms with van der Waals surface area (Å²) in [7, 11) is 0. The lowest BCUT2D eigenvalue weighted by atomic mass is 10.1. The van der Waals surface area contributed by atoms with Crippen molar-refractivity contribution in [1.29, 1.82) is 0 Å². The predicted molar refractivity (Wildman–Crippen MR) is 65.1 cm³/mol. The second-order valence-corrected chi connectivity index (χ2v) is 4.13. The van der Waals surface area contributed by atoms with Crippen molar-refractivity contribution >= 4 is 0 Å². The van der Waals surface area contributed by atoms with E-state index in [0.29, 0.717) is 17.8 Å². The summed E-state index contributed by atoms with van der Waals surface area (Å²) in [5, 5.41) is 10.2. The number of benzene rings is 1. The molecule has 20 heavy (non-hydrogen) atoms. The fraction of sp³-hybridized carbons (Fsp3) is 0.308. The van der Waals surface area contributed by atoms with Crippen molar-refractivity contribution in [2.24, 2.45) is 0 Å². The molecule has 4 nitrogen and oxygen atoms in total. The second kappa shape index (κ2) is 5.54. The van der Waals surface area contributed by atoms with Crippen LogP contribution in [0, 0.1) is 0 Å². The number of nitrogens with zero attached hydrogens (tertiary/aromatic N) is 2. The Kier molecular flexibility index (Phi) is 3.99. The molecule has 1 N–H and O–H groups in total. The lowest BCUT2D eigenvalue weighted by Gasteiger charge is -2.15. The van der Waals surface area contributed by atoms with Crippen LogP contribution in [-0.4, -0.2) is 21.0 Å². The fourth-order valence-corrected chi connectivity index (χ4v) is 1.88. The number of alkyl halides is 3. The summed E-state index contributed by atoms with van der Waals surface area (Å²) in [4.78, 5) is 3.91. The molecule has 1 atom stereocenters. The summed E-state index contributed by atoms with van der Waals surface area (Å²) in [5.41, 5.74) is 0.818. The van der Waals surface area contributed by atoms with Crippen molar-refractivity contribution in [1.82, 2.24) is 9.55 Å². The Balaban J connectivity index is 2.27. The minimum atomic E-state index is -4.76. The molecule has 1 heterocycles. The summed E-state index contributed by atoms with van der Waals surface area (Å²) < 4.78 is 42.0. The summed E-state index contributed by atoms with van der Waals surface area (Å²) in [6.07, 6.45) is -2.79. The Morgan fingerprint density at radius 3 is 2.80 bits per heavy atom. The number of hydrogen-bond donors (Lipinski definition) is 1. The second-order valence-electron chi connectivity index (χ2n) is 4.13. The maximum absolute atomic E-state index is 12.2. The number of aliphatic hydroxyl groups excluding tert-OH is 1. The zero-order chi connectivity index (χ0) is 14.8. The summed E-state index contributed by atoms with van der Waals surface area (Å²) in [6.45, 7) is 2.48. The lowest BCUT2D eigenvalue weighted by molar-refractivity contribution is -0.274. The quantitative estimate of drug-likeness (QED) is 0.940. The van der Waals surface area contributed by atoms with E-state index in [-0.39, 0.29) is 5.75 Å². The van der Waals surface area contributed by atoms with Crippen LogP contribution in [0.1, 0.15) is 24.3 Å². The third kappa shape index (κ3) is 3.30. The molecule has 7 heteroatoms. The first-order chi connectivity index (χ1) is 9.40. The van der Waals surface area contributed by atoms with Gasteiger partial charge in [0.15, 0.2) is 0 Å². The molecule has 0 amide bonds. The van der Waals surface area contributed by atoms with Crippen LogP contribution in [0.15, 0.2) is 36.8 Å². The largest absolute Gasteiger partial charge is 0.573 e. The lowest BCUT2D eigenvalue weighted by Crippen LogP contribution is -2.17. The van der Waals surface area contributed by atoms with Crippen LogP contribution in [0.3, 0.4) is 0 Å². The van der Waals surface area contributed by atoms with Crippen LogP contribution >= 0.6 is 0 Å². The van der Waals surface area contributed by atoms with Crippen molar-refractivity contribution < 1.29 is 23.0 Å². The minimum absolute atomic E-state index is 0.307. The van der Waals surface area contributed by atoms with E-state index < -0.39 is 12.5 Å². The number of aryl methyl sites for hydroxylation is 1. The van der Waals surface area contributed by atoms with E-state index >= 15 is 0 Å². The molecule has 1 aromatic heterocycles. The Hall–Kier alpha value is -2.02. The number of rotatable bonds is 4. The number of imidazole rings is 1. The highest BCUT2D eigenvalue weighted by Gasteiger charge is 2.31. The summed E-state index contributed by atoms with van der Waals surface area (Å²) in [5.74, 6) is -0.364. The number of aromatic nitrogens is 2. The highest BCUT2D eigenvalue weighted by Crippen LogP contribution is 2.28. The average Bonchev–Trinajstić information content (AvgIpc) is 2.84. The number of ether oxygens (including phenoxy) is 1. The smallest absolute Gasteiger partial charge is 0.406 e. The molecule has 2 rings (SSSR count). The Morgan fingerprint density at radius 2 is 2.15 bits per heavy atom. The van der Waals surface area contributed by atoms with Gasteiger partial charge in [0.2, 0.25) is 0 Å². The van der Waals surface area contributed by atoms with Crippen LogP contribution in [-0.2, 0) is 6.54 Å². The zero-order valence-electron chi connectivity index (χ0n) is 10.6. The molecule has 0 fully saturated rings. The first-order valence-electron chi connectivity index (χ1n) is 5.94. The van der Waals surface area contributed by atoms with Gasteiger partial charge in [-0.15, -0.1) is 13.2 Å². The van der Waals surface area contributed by atoms with Crippen molar-refractivity contribution in [2.45, 2.75) is 25.9 Å². The third-order valence-corrected chi connectivity index (χ3v) is 2.77. The van der Waals surface area contributed by atoms with E-state index in [1.807, 2.05) is 6.92 Å². The number of aliphatic hydroxyl groups is 1. The number of halogens is 3. The van der Waals surface area contributed by atoms with Crippen LogP contribution in [0.2, 0.25) is 0 Å². The molecular weight excluding hydrogens is 273 g/mol. The first-order valence-corrected chi connectivity index (χ1v) is 5.94.